The Morgan fingerprint density at radius 3 is 2.13 bits per heavy atom. The van der Waals surface area contributed by atoms with Crippen LogP contribution in [0.2, 0.25) is 0 Å². The standard InChI is InChI=1S/C11H20N2.C2H6/c1-11(2,3)5-4-8-13-9-6-12-7-10-13;1-2/h12H,6-10H2,1-3H3;1-2H3. The Kier molecular flexibility index (Phi) is 7.46. The highest BCUT2D eigenvalue weighted by Gasteiger charge is 2.07. The molecular formula is C13H26N2. The first kappa shape index (κ1) is 14.5. The largest absolute Gasteiger partial charge is 0.314 e. The van der Waals surface area contributed by atoms with Crippen LogP contribution in [-0.2, 0) is 0 Å². The molecular weight excluding hydrogens is 184 g/mol. The van der Waals surface area contributed by atoms with Crippen LogP contribution in [0.5, 0.6) is 0 Å². The van der Waals surface area contributed by atoms with Gasteiger partial charge in [-0.2, -0.15) is 0 Å². The molecule has 0 bridgehead atoms. The Labute approximate surface area is 95.4 Å². The van der Waals surface area contributed by atoms with E-state index in [1.54, 1.807) is 0 Å². The van der Waals surface area contributed by atoms with E-state index in [0.717, 1.165) is 32.7 Å². The van der Waals surface area contributed by atoms with Gasteiger partial charge in [0.25, 0.3) is 0 Å². The molecule has 0 radical (unpaired) electrons. The van der Waals surface area contributed by atoms with Crippen molar-refractivity contribution >= 4 is 0 Å². The molecule has 0 aromatic heterocycles. The minimum absolute atomic E-state index is 0.147. The maximum atomic E-state index is 3.33. The molecule has 0 aromatic carbocycles. The molecule has 1 fully saturated rings. The number of nitrogens with one attached hydrogen (secondary N) is 1. The van der Waals surface area contributed by atoms with Crippen LogP contribution >= 0.6 is 0 Å². The lowest BCUT2D eigenvalue weighted by Gasteiger charge is -2.25. The molecule has 0 aliphatic carbocycles. The number of rotatable bonds is 1. The van der Waals surface area contributed by atoms with Gasteiger partial charge in [-0.05, 0) is 20.8 Å². The number of nitrogens with zero attached hydrogens (tertiary/aromatic N) is 1. The lowest BCUT2D eigenvalue weighted by molar-refractivity contribution is 0.268. The van der Waals surface area contributed by atoms with E-state index in [9.17, 15) is 0 Å². The summed E-state index contributed by atoms with van der Waals surface area (Å²) in [5.41, 5.74) is 0.147. The van der Waals surface area contributed by atoms with Crippen LogP contribution in [0.15, 0.2) is 0 Å². The molecule has 0 saturated carbocycles. The van der Waals surface area contributed by atoms with Gasteiger partial charge in [0.15, 0.2) is 0 Å². The Hall–Kier alpha value is -0.520. The lowest BCUT2D eigenvalue weighted by Crippen LogP contribution is -2.43. The summed E-state index contributed by atoms with van der Waals surface area (Å²) >= 11 is 0. The van der Waals surface area contributed by atoms with Gasteiger partial charge >= 0.3 is 0 Å². The molecule has 1 aliphatic rings. The van der Waals surface area contributed by atoms with Crippen LogP contribution in [0.25, 0.3) is 0 Å². The molecule has 88 valence electrons. The topological polar surface area (TPSA) is 15.3 Å². The summed E-state index contributed by atoms with van der Waals surface area (Å²) in [7, 11) is 0. The number of hydrogen-bond donors (Lipinski definition) is 1. The maximum Gasteiger partial charge on any atom is 0.0602 e. The van der Waals surface area contributed by atoms with E-state index in [4.69, 9.17) is 0 Å². The Bertz CT molecular complexity index is 199. The molecule has 0 atom stereocenters. The smallest absolute Gasteiger partial charge is 0.0602 e. The summed E-state index contributed by atoms with van der Waals surface area (Å²) in [4.78, 5) is 2.40. The van der Waals surface area contributed by atoms with Crippen LogP contribution in [0.3, 0.4) is 0 Å². The van der Waals surface area contributed by atoms with Crippen molar-refractivity contribution < 1.29 is 0 Å². The molecule has 1 saturated heterocycles. The first-order chi connectivity index (χ1) is 7.08. The van der Waals surface area contributed by atoms with Crippen molar-refractivity contribution in [2.75, 3.05) is 32.7 Å². The molecule has 15 heavy (non-hydrogen) atoms. The quantitative estimate of drug-likeness (QED) is 0.666. The number of hydrogen-bond acceptors (Lipinski definition) is 2. The Balaban J connectivity index is 0.000000921. The Morgan fingerprint density at radius 2 is 1.67 bits per heavy atom. The van der Waals surface area contributed by atoms with E-state index < -0.39 is 0 Å². The molecule has 0 amide bonds. The van der Waals surface area contributed by atoms with Crippen LogP contribution in [0, 0.1) is 17.3 Å². The minimum atomic E-state index is 0.147. The van der Waals surface area contributed by atoms with Gasteiger partial charge in [-0.15, -0.1) is 0 Å². The van der Waals surface area contributed by atoms with Crippen LogP contribution in [0.4, 0.5) is 0 Å². The minimum Gasteiger partial charge on any atom is -0.314 e. The van der Waals surface area contributed by atoms with Gasteiger partial charge in [-0.3, -0.25) is 4.90 Å². The molecule has 1 heterocycles. The average molecular weight is 210 g/mol. The van der Waals surface area contributed by atoms with Crippen molar-refractivity contribution in [3.8, 4) is 11.8 Å². The van der Waals surface area contributed by atoms with Gasteiger partial charge < -0.3 is 5.32 Å². The predicted molar refractivity (Wildman–Crippen MR) is 67.9 cm³/mol. The van der Waals surface area contributed by atoms with Crippen LogP contribution < -0.4 is 5.32 Å². The fourth-order valence-electron chi connectivity index (χ4n) is 1.29. The fourth-order valence-corrected chi connectivity index (χ4v) is 1.29. The monoisotopic (exact) mass is 210 g/mol. The first-order valence-corrected chi connectivity index (χ1v) is 6.01. The summed E-state index contributed by atoms with van der Waals surface area (Å²) in [6, 6.07) is 0. The van der Waals surface area contributed by atoms with Crippen molar-refractivity contribution in [3.05, 3.63) is 0 Å². The van der Waals surface area contributed by atoms with E-state index in [1.165, 1.54) is 0 Å². The van der Waals surface area contributed by atoms with Gasteiger partial charge in [0.2, 0.25) is 0 Å². The third kappa shape index (κ3) is 8.47. The normalized spacial score (nSPS) is 17.1. The second-order valence-corrected chi connectivity index (χ2v) is 4.58. The van der Waals surface area contributed by atoms with Crippen molar-refractivity contribution in [1.82, 2.24) is 10.2 Å². The third-order valence-electron chi connectivity index (χ3n) is 1.98. The van der Waals surface area contributed by atoms with Crippen LogP contribution in [-0.4, -0.2) is 37.6 Å². The molecule has 1 rings (SSSR count). The summed E-state index contributed by atoms with van der Waals surface area (Å²) in [6.07, 6.45) is 0. The molecule has 2 heteroatoms. The van der Waals surface area contributed by atoms with Gasteiger partial charge in [0.1, 0.15) is 0 Å². The molecule has 1 N–H and O–H groups in total. The number of piperazine rings is 1. The molecule has 0 aromatic rings. The summed E-state index contributed by atoms with van der Waals surface area (Å²) < 4.78 is 0. The summed E-state index contributed by atoms with van der Waals surface area (Å²) in [6.45, 7) is 15.9. The maximum absolute atomic E-state index is 3.33. The lowest BCUT2D eigenvalue weighted by atomic mass is 9.98. The van der Waals surface area contributed by atoms with Gasteiger partial charge in [-0.1, -0.05) is 25.7 Å². The van der Waals surface area contributed by atoms with E-state index in [2.05, 4.69) is 42.8 Å². The van der Waals surface area contributed by atoms with Gasteiger partial charge in [0, 0.05) is 31.6 Å². The SMILES string of the molecule is CC.CC(C)(C)C#CCN1CCNCC1. The van der Waals surface area contributed by atoms with E-state index in [1.807, 2.05) is 13.8 Å². The van der Waals surface area contributed by atoms with Crippen LogP contribution in [0.1, 0.15) is 34.6 Å². The predicted octanol–water partition coefficient (Wildman–Crippen LogP) is 1.97. The molecule has 0 spiro atoms. The van der Waals surface area contributed by atoms with Crippen molar-refractivity contribution in [3.63, 3.8) is 0 Å². The summed E-state index contributed by atoms with van der Waals surface area (Å²) in [5, 5.41) is 3.33. The van der Waals surface area contributed by atoms with Gasteiger partial charge in [-0.25, -0.2) is 0 Å². The highest BCUT2D eigenvalue weighted by atomic mass is 15.2. The van der Waals surface area contributed by atoms with Crippen molar-refractivity contribution in [2.45, 2.75) is 34.6 Å². The zero-order valence-electron chi connectivity index (χ0n) is 11.0. The van der Waals surface area contributed by atoms with Gasteiger partial charge in [0.05, 0.1) is 6.54 Å². The Morgan fingerprint density at radius 1 is 1.13 bits per heavy atom. The molecule has 2 nitrogen and oxygen atoms in total. The molecule has 1 aliphatic heterocycles. The second-order valence-electron chi connectivity index (χ2n) is 4.58. The third-order valence-corrected chi connectivity index (χ3v) is 1.98. The average Bonchev–Trinajstić information content (AvgIpc) is 2.20. The zero-order valence-corrected chi connectivity index (χ0v) is 11.0. The summed E-state index contributed by atoms with van der Waals surface area (Å²) in [5.74, 6) is 6.50. The highest BCUT2D eigenvalue weighted by molar-refractivity contribution is 5.08. The van der Waals surface area contributed by atoms with Crippen molar-refractivity contribution in [1.29, 1.82) is 0 Å². The van der Waals surface area contributed by atoms with E-state index >= 15 is 0 Å². The van der Waals surface area contributed by atoms with E-state index in [0.29, 0.717) is 0 Å². The first-order valence-electron chi connectivity index (χ1n) is 6.01. The fraction of sp³-hybridized carbons (Fsp3) is 0.846. The highest BCUT2D eigenvalue weighted by Crippen LogP contribution is 2.09. The van der Waals surface area contributed by atoms with Crippen molar-refractivity contribution in [2.24, 2.45) is 5.41 Å². The van der Waals surface area contributed by atoms with E-state index in [-0.39, 0.29) is 5.41 Å². The molecule has 0 unspecified atom stereocenters. The second kappa shape index (κ2) is 7.73. The zero-order chi connectivity index (χ0) is 11.7.